The summed E-state index contributed by atoms with van der Waals surface area (Å²) < 4.78 is 31.7. The first-order chi connectivity index (χ1) is 9.53. The molecule has 0 unspecified atom stereocenters. The van der Waals surface area contributed by atoms with Crippen LogP contribution in [0.1, 0.15) is 4.88 Å². The van der Waals surface area contributed by atoms with Crippen molar-refractivity contribution in [2.75, 3.05) is 19.4 Å². The molecule has 1 aromatic carbocycles. The lowest BCUT2D eigenvalue weighted by Crippen LogP contribution is -2.20. The van der Waals surface area contributed by atoms with E-state index < -0.39 is 10.0 Å². The fourth-order valence-corrected chi connectivity index (χ4v) is 3.27. The lowest BCUT2D eigenvalue weighted by atomic mass is 10.3. The van der Waals surface area contributed by atoms with Gasteiger partial charge in [-0.05, 0) is 36.7 Å². The number of sulfonamides is 1. The Balaban J connectivity index is 2.15. The van der Waals surface area contributed by atoms with Crippen molar-refractivity contribution in [1.29, 1.82) is 0 Å². The molecule has 0 amide bonds. The van der Waals surface area contributed by atoms with Crippen molar-refractivity contribution < 1.29 is 13.2 Å². The molecule has 7 heteroatoms. The van der Waals surface area contributed by atoms with Gasteiger partial charge in [0.1, 0.15) is 10.6 Å². The third-order valence-corrected chi connectivity index (χ3v) is 5.08. The summed E-state index contributed by atoms with van der Waals surface area (Å²) >= 11 is 1.64. The van der Waals surface area contributed by atoms with E-state index in [1.165, 1.54) is 18.0 Å². The average Bonchev–Trinajstić information content (AvgIpc) is 2.93. The topological polar surface area (TPSA) is 81.4 Å². The molecule has 0 atom stereocenters. The molecule has 108 valence electrons. The van der Waals surface area contributed by atoms with Gasteiger partial charge >= 0.3 is 0 Å². The number of hydrogen-bond donors (Lipinski definition) is 2. The van der Waals surface area contributed by atoms with E-state index in [9.17, 15) is 8.42 Å². The molecule has 3 N–H and O–H groups in total. The third-order valence-electron chi connectivity index (χ3n) is 2.71. The lowest BCUT2D eigenvalue weighted by molar-refractivity contribution is 0.314. The molecule has 0 bridgehead atoms. The maximum absolute atomic E-state index is 11.9. The minimum atomic E-state index is -3.59. The summed E-state index contributed by atoms with van der Waals surface area (Å²) in [5.41, 5.74) is 6.02. The highest BCUT2D eigenvalue weighted by Crippen LogP contribution is 2.26. The Kier molecular flexibility index (Phi) is 4.64. The van der Waals surface area contributed by atoms with E-state index in [1.54, 1.807) is 23.5 Å². The van der Waals surface area contributed by atoms with Crippen LogP contribution in [0.5, 0.6) is 5.75 Å². The predicted molar refractivity (Wildman–Crippen MR) is 80.6 cm³/mol. The molecule has 0 aliphatic carbocycles. The van der Waals surface area contributed by atoms with Gasteiger partial charge in [0, 0.05) is 17.0 Å². The minimum Gasteiger partial charge on any atom is -0.492 e. The summed E-state index contributed by atoms with van der Waals surface area (Å²) in [6, 6.07) is 8.58. The van der Waals surface area contributed by atoms with E-state index in [0.29, 0.717) is 18.0 Å². The van der Waals surface area contributed by atoms with Crippen molar-refractivity contribution in [3.05, 3.63) is 40.6 Å². The normalized spacial score (nSPS) is 11.4. The number of thiophene rings is 1. The Bertz CT molecular complexity index is 667. The molecule has 20 heavy (non-hydrogen) atoms. The van der Waals surface area contributed by atoms with E-state index in [2.05, 4.69) is 4.72 Å². The number of rotatable bonds is 6. The van der Waals surface area contributed by atoms with E-state index in [4.69, 9.17) is 10.5 Å². The maximum Gasteiger partial charge on any atom is 0.244 e. The van der Waals surface area contributed by atoms with Gasteiger partial charge in [-0.25, -0.2) is 13.1 Å². The summed E-state index contributed by atoms with van der Waals surface area (Å²) in [7, 11) is -2.23. The summed E-state index contributed by atoms with van der Waals surface area (Å²) in [6.07, 6.45) is 0.737. The summed E-state index contributed by atoms with van der Waals surface area (Å²) in [6.45, 7) is 0.413. The Labute approximate surface area is 122 Å². The van der Waals surface area contributed by atoms with Crippen LogP contribution in [-0.4, -0.2) is 22.1 Å². The van der Waals surface area contributed by atoms with Crippen LogP contribution < -0.4 is 15.2 Å². The van der Waals surface area contributed by atoms with Gasteiger partial charge in [0.2, 0.25) is 10.0 Å². The molecule has 0 radical (unpaired) electrons. The molecule has 0 saturated heterocycles. The quantitative estimate of drug-likeness (QED) is 0.798. The van der Waals surface area contributed by atoms with Gasteiger partial charge in [-0.1, -0.05) is 6.07 Å². The molecular formula is C13H16N2O3S2. The maximum atomic E-state index is 11.9. The van der Waals surface area contributed by atoms with Crippen LogP contribution in [0.15, 0.2) is 40.6 Å². The summed E-state index contributed by atoms with van der Waals surface area (Å²) in [5, 5.41) is 2.00. The Hall–Kier alpha value is -1.57. The largest absolute Gasteiger partial charge is 0.492 e. The van der Waals surface area contributed by atoms with Crippen LogP contribution in [0.2, 0.25) is 0 Å². The Morgan fingerprint density at radius 1 is 1.35 bits per heavy atom. The van der Waals surface area contributed by atoms with Gasteiger partial charge in [0.25, 0.3) is 0 Å². The molecular weight excluding hydrogens is 296 g/mol. The zero-order valence-electron chi connectivity index (χ0n) is 11.0. The van der Waals surface area contributed by atoms with Crippen molar-refractivity contribution in [2.24, 2.45) is 0 Å². The second-order valence-corrected chi connectivity index (χ2v) is 6.98. The molecule has 2 rings (SSSR count). The second-order valence-electron chi connectivity index (χ2n) is 4.09. The van der Waals surface area contributed by atoms with Gasteiger partial charge in [0.05, 0.1) is 6.61 Å². The monoisotopic (exact) mass is 312 g/mol. The van der Waals surface area contributed by atoms with Gasteiger partial charge in [0.15, 0.2) is 0 Å². The molecule has 0 spiro atoms. The number of nitrogen functional groups attached to an aromatic ring is 1. The Morgan fingerprint density at radius 2 is 2.15 bits per heavy atom. The zero-order valence-corrected chi connectivity index (χ0v) is 12.6. The Morgan fingerprint density at radius 3 is 2.80 bits per heavy atom. The molecule has 0 fully saturated rings. The molecule has 1 heterocycles. The number of nitrogens with two attached hydrogens (primary N) is 1. The molecule has 0 aliphatic rings. The van der Waals surface area contributed by atoms with E-state index in [0.717, 1.165) is 6.42 Å². The molecule has 0 saturated carbocycles. The number of anilines is 1. The highest BCUT2D eigenvalue weighted by Gasteiger charge is 2.18. The SMILES string of the molecule is CNS(=O)(=O)c1cc(N)ccc1OCCc1cccs1. The van der Waals surface area contributed by atoms with E-state index in [-0.39, 0.29) is 4.90 Å². The minimum absolute atomic E-state index is 0.0613. The highest BCUT2D eigenvalue weighted by molar-refractivity contribution is 7.89. The van der Waals surface area contributed by atoms with Gasteiger partial charge in [-0.3, -0.25) is 0 Å². The van der Waals surface area contributed by atoms with Crippen LogP contribution in [-0.2, 0) is 16.4 Å². The van der Waals surface area contributed by atoms with Crippen LogP contribution >= 0.6 is 11.3 Å². The highest BCUT2D eigenvalue weighted by atomic mass is 32.2. The van der Waals surface area contributed by atoms with Gasteiger partial charge in [-0.2, -0.15) is 0 Å². The first-order valence-corrected chi connectivity index (χ1v) is 8.37. The van der Waals surface area contributed by atoms with Crippen molar-refractivity contribution in [3.63, 3.8) is 0 Å². The first kappa shape index (κ1) is 14.8. The number of ether oxygens (including phenoxy) is 1. The summed E-state index contributed by atoms with van der Waals surface area (Å²) in [4.78, 5) is 1.25. The van der Waals surface area contributed by atoms with Gasteiger partial charge < -0.3 is 10.5 Å². The van der Waals surface area contributed by atoms with Crippen molar-refractivity contribution >= 4 is 27.0 Å². The first-order valence-electron chi connectivity index (χ1n) is 6.01. The van der Waals surface area contributed by atoms with E-state index in [1.807, 2.05) is 17.5 Å². The third kappa shape index (κ3) is 3.50. The fraction of sp³-hybridized carbons (Fsp3) is 0.231. The number of nitrogens with one attached hydrogen (secondary N) is 1. The van der Waals surface area contributed by atoms with Crippen LogP contribution in [0, 0.1) is 0 Å². The standard InChI is InChI=1S/C13H16N2O3S2/c1-15-20(16,17)13-9-10(14)4-5-12(13)18-7-6-11-3-2-8-19-11/h2-5,8-9,15H,6-7,14H2,1H3. The molecule has 5 nitrogen and oxygen atoms in total. The smallest absolute Gasteiger partial charge is 0.244 e. The molecule has 1 aromatic heterocycles. The van der Waals surface area contributed by atoms with Crippen LogP contribution in [0.3, 0.4) is 0 Å². The fourth-order valence-electron chi connectivity index (χ4n) is 1.68. The molecule has 2 aromatic rings. The van der Waals surface area contributed by atoms with Gasteiger partial charge in [-0.15, -0.1) is 11.3 Å². The van der Waals surface area contributed by atoms with Crippen molar-refractivity contribution in [3.8, 4) is 5.75 Å². The predicted octanol–water partition coefficient (Wildman–Crippen LogP) is 1.86. The summed E-state index contributed by atoms with van der Waals surface area (Å²) in [5.74, 6) is 0.310. The zero-order chi connectivity index (χ0) is 14.6. The molecule has 0 aliphatic heterocycles. The number of benzene rings is 1. The van der Waals surface area contributed by atoms with Crippen LogP contribution in [0.4, 0.5) is 5.69 Å². The second kappa shape index (κ2) is 6.25. The average molecular weight is 312 g/mol. The van der Waals surface area contributed by atoms with Crippen molar-refractivity contribution in [2.45, 2.75) is 11.3 Å². The van der Waals surface area contributed by atoms with E-state index >= 15 is 0 Å². The lowest BCUT2D eigenvalue weighted by Gasteiger charge is -2.12. The van der Waals surface area contributed by atoms with Crippen LogP contribution in [0.25, 0.3) is 0 Å². The van der Waals surface area contributed by atoms with Crippen molar-refractivity contribution in [1.82, 2.24) is 4.72 Å². The number of hydrogen-bond acceptors (Lipinski definition) is 5.